The van der Waals surface area contributed by atoms with Crippen molar-refractivity contribution in [1.29, 1.82) is 0 Å². The Morgan fingerprint density at radius 2 is 1.89 bits per heavy atom. The minimum absolute atomic E-state index is 0.0715. The maximum atomic E-state index is 13.3. The molecule has 3 aromatic carbocycles. The number of urea groups is 1. The quantitative estimate of drug-likeness (QED) is 0.389. The Kier molecular flexibility index (Phi) is 6.20. The number of carbonyl (C=O) groups excluding carboxylic acids is 1. The molecule has 2 N–H and O–H groups in total. The number of ether oxygens (including phenoxy) is 3. The van der Waals surface area contributed by atoms with E-state index >= 15 is 0 Å². The molecule has 5 rings (SSSR count). The highest BCUT2D eigenvalue weighted by Crippen LogP contribution is 2.33. The molecule has 0 atom stereocenters. The molecule has 0 saturated carbocycles. The van der Waals surface area contributed by atoms with Crippen molar-refractivity contribution in [3.63, 3.8) is 0 Å². The SMILES string of the molecule is COc1ccc2cc(CN(Cc3ccc4c(c3)OCO4)C(=O)Nc3ccccc3Cl)c(=O)[nH]c2c1. The van der Waals surface area contributed by atoms with Crippen molar-refractivity contribution >= 4 is 34.2 Å². The first-order chi connectivity index (χ1) is 17.0. The molecule has 0 unspecified atom stereocenters. The van der Waals surface area contributed by atoms with Crippen molar-refractivity contribution < 1.29 is 19.0 Å². The summed E-state index contributed by atoms with van der Waals surface area (Å²) < 4.78 is 16.1. The van der Waals surface area contributed by atoms with E-state index < -0.39 is 6.03 Å². The number of nitrogens with zero attached hydrogens (tertiary/aromatic N) is 1. The van der Waals surface area contributed by atoms with Gasteiger partial charge in [-0.1, -0.05) is 29.8 Å². The maximum absolute atomic E-state index is 13.3. The fraction of sp³-hybridized carbons (Fsp3) is 0.154. The van der Waals surface area contributed by atoms with Crippen LogP contribution < -0.4 is 25.1 Å². The van der Waals surface area contributed by atoms with E-state index in [0.717, 1.165) is 10.9 Å². The van der Waals surface area contributed by atoms with E-state index in [1.807, 2.05) is 24.3 Å². The largest absolute Gasteiger partial charge is 0.497 e. The summed E-state index contributed by atoms with van der Waals surface area (Å²) in [4.78, 5) is 30.7. The lowest BCUT2D eigenvalue weighted by Gasteiger charge is -2.24. The fourth-order valence-corrected chi connectivity index (χ4v) is 4.07. The van der Waals surface area contributed by atoms with Gasteiger partial charge in [-0.05, 0) is 53.4 Å². The molecule has 0 bridgehead atoms. The van der Waals surface area contributed by atoms with Crippen LogP contribution in [-0.4, -0.2) is 29.8 Å². The fourth-order valence-electron chi connectivity index (χ4n) is 3.89. The Morgan fingerprint density at radius 3 is 2.71 bits per heavy atom. The molecule has 0 radical (unpaired) electrons. The van der Waals surface area contributed by atoms with Crippen molar-refractivity contribution in [3.05, 3.63) is 93.2 Å². The number of para-hydroxylation sites is 1. The normalized spacial score (nSPS) is 11.9. The Bertz CT molecular complexity index is 1470. The number of pyridine rings is 1. The molecule has 178 valence electrons. The number of amides is 2. The lowest BCUT2D eigenvalue weighted by molar-refractivity contribution is 0.174. The van der Waals surface area contributed by atoms with Gasteiger partial charge in [0, 0.05) is 18.2 Å². The van der Waals surface area contributed by atoms with Crippen LogP contribution in [-0.2, 0) is 13.1 Å². The molecule has 8 nitrogen and oxygen atoms in total. The molecule has 0 spiro atoms. The third-order valence-corrected chi connectivity index (χ3v) is 6.03. The smallest absolute Gasteiger partial charge is 0.322 e. The van der Waals surface area contributed by atoms with Crippen LogP contribution in [0.4, 0.5) is 10.5 Å². The van der Waals surface area contributed by atoms with E-state index in [0.29, 0.717) is 39.0 Å². The number of carbonyl (C=O) groups is 1. The van der Waals surface area contributed by atoms with Crippen LogP contribution in [0.5, 0.6) is 17.2 Å². The van der Waals surface area contributed by atoms with Gasteiger partial charge in [0.15, 0.2) is 11.5 Å². The van der Waals surface area contributed by atoms with Crippen molar-refractivity contribution in [2.24, 2.45) is 0 Å². The third-order valence-electron chi connectivity index (χ3n) is 5.70. The predicted molar refractivity (Wildman–Crippen MR) is 133 cm³/mol. The topological polar surface area (TPSA) is 92.9 Å². The van der Waals surface area contributed by atoms with Gasteiger partial charge in [-0.15, -0.1) is 0 Å². The highest BCUT2D eigenvalue weighted by atomic mass is 35.5. The van der Waals surface area contributed by atoms with Gasteiger partial charge in [-0.25, -0.2) is 4.79 Å². The van der Waals surface area contributed by atoms with Crippen LogP contribution in [0, 0.1) is 0 Å². The first-order valence-corrected chi connectivity index (χ1v) is 11.3. The maximum Gasteiger partial charge on any atom is 0.322 e. The lowest BCUT2D eigenvalue weighted by Crippen LogP contribution is -2.35. The molecule has 0 saturated heterocycles. The lowest BCUT2D eigenvalue weighted by atomic mass is 10.1. The van der Waals surface area contributed by atoms with Gasteiger partial charge >= 0.3 is 6.03 Å². The van der Waals surface area contributed by atoms with Crippen molar-refractivity contribution in [2.45, 2.75) is 13.1 Å². The molecule has 2 amide bonds. The summed E-state index contributed by atoms with van der Waals surface area (Å²) >= 11 is 6.24. The van der Waals surface area contributed by atoms with Gasteiger partial charge in [0.2, 0.25) is 6.79 Å². The number of hydrogen-bond donors (Lipinski definition) is 2. The molecule has 2 heterocycles. The van der Waals surface area contributed by atoms with Gasteiger partial charge in [-0.2, -0.15) is 0 Å². The molecule has 35 heavy (non-hydrogen) atoms. The Hall–Kier alpha value is -4.17. The molecule has 1 aliphatic heterocycles. The summed E-state index contributed by atoms with van der Waals surface area (Å²) in [7, 11) is 1.57. The number of fused-ring (bicyclic) bond motifs is 2. The average Bonchev–Trinajstić information content (AvgIpc) is 3.33. The average molecular weight is 492 g/mol. The molecule has 4 aromatic rings. The van der Waals surface area contributed by atoms with E-state index in [2.05, 4.69) is 10.3 Å². The summed E-state index contributed by atoms with van der Waals surface area (Å²) in [5, 5.41) is 4.09. The summed E-state index contributed by atoms with van der Waals surface area (Å²) in [5.41, 5.74) is 2.12. The molecular weight excluding hydrogens is 470 g/mol. The highest BCUT2D eigenvalue weighted by molar-refractivity contribution is 6.33. The number of nitrogens with one attached hydrogen (secondary N) is 2. The number of H-pyrrole nitrogens is 1. The van der Waals surface area contributed by atoms with Gasteiger partial charge in [0.25, 0.3) is 5.56 Å². The van der Waals surface area contributed by atoms with E-state index in [-0.39, 0.29) is 25.4 Å². The van der Waals surface area contributed by atoms with Crippen molar-refractivity contribution in [1.82, 2.24) is 9.88 Å². The van der Waals surface area contributed by atoms with E-state index in [9.17, 15) is 9.59 Å². The zero-order chi connectivity index (χ0) is 24.4. The molecule has 9 heteroatoms. The van der Waals surface area contributed by atoms with E-state index in [1.54, 1.807) is 54.5 Å². The number of aromatic nitrogens is 1. The molecule has 0 fully saturated rings. The van der Waals surface area contributed by atoms with Crippen LogP contribution >= 0.6 is 11.6 Å². The van der Waals surface area contributed by atoms with Crippen molar-refractivity contribution in [2.75, 3.05) is 19.2 Å². The van der Waals surface area contributed by atoms with Crippen LogP contribution in [0.1, 0.15) is 11.1 Å². The Balaban J connectivity index is 1.46. The molecule has 0 aliphatic carbocycles. The zero-order valence-corrected chi connectivity index (χ0v) is 19.6. The number of anilines is 1. The first kappa shape index (κ1) is 22.6. The number of rotatable bonds is 6. The van der Waals surface area contributed by atoms with Crippen LogP contribution in [0.25, 0.3) is 10.9 Å². The number of methoxy groups -OCH3 is 1. The monoisotopic (exact) mass is 491 g/mol. The van der Waals surface area contributed by atoms with Gasteiger partial charge in [-0.3, -0.25) is 4.79 Å². The number of hydrogen-bond acceptors (Lipinski definition) is 5. The Morgan fingerprint density at radius 1 is 1.06 bits per heavy atom. The summed E-state index contributed by atoms with van der Waals surface area (Å²) in [6.07, 6.45) is 0. The number of benzene rings is 3. The third kappa shape index (κ3) is 4.88. The molecule has 1 aromatic heterocycles. The van der Waals surface area contributed by atoms with E-state index in [1.165, 1.54) is 0 Å². The Labute approximate surface area is 206 Å². The minimum Gasteiger partial charge on any atom is -0.497 e. The van der Waals surface area contributed by atoms with Crippen LogP contribution in [0.15, 0.2) is 71.5 Å². The minimum atomic E-state index is -0.398. The standard InChI is InChI=1S/C26H22ClN3O5/c1-33-19-8-7-17-11-18(25(31)28-22(17)12-19)14-30(26(32)29-21-5-3-2-4-20(21)27)13-16-6-9-23-24(10-16)35-15-34-23/h2-12H,13-15H2,1H3,(H,28,31)(H,29,32). The molecule has 1 aliphatic rings. The summed E-state index contributed by atoms with van der Waals surface area (Å²) in [6, 6.07) is 19.3. The van der Waals surface area contributed by atoms with E-state index in [4.69, 9.17) is 25.8 Å². The van der Waals surface area contributed by atoms with Crippen molar-refractivity contribution in [3.8, 4) is 17.2 Å². The highest BCUT2D eigenvalue weighted by Gasteiger charge is 2.20. The second-order valence-electron chi connectivity index (χ2n) is 8.03. The van der Waals surface area contributed by atoms with Crippen LogP contribution in [0.2, 0.25) is 5.02 Å². The summed E-state index contributed by atoms with van der Waals surface area (Å²) in [5.74, 6) is 1.91. The molecular formula is C26H22ClN3O5. The number of aromatic amines is 1. The number of halogens is 1. The van der Waals surface area contributed by atoms with Gasteiger partial charge in [0.1, 0.15) is 5.75 Å². The summed E-state index contributed by atoms with van der Waals surface area (Å²) in [6.45, 7) is 0.460. The second kappa shape index (κ2) is 9.60. The first-order valence-electron chi connectivity index (χ1n) is 10.9. The second-order valence-corrected chi connectivity index (χ2v) is 8.44. The predicted octanol–water partition coefficient (Wildman–Crippen LogP) is 5.15. The van der Waals surface area contributed by atoms with Crippen LogP contribution in [0.3, 0.4) is 0 Å². The zero-order valence-electron chi connectivity index (χ0n) is 18.8. The van der Waals surface area contributed by atoms with Gasteiger partial charge < -0.3 is 29.4 Å². The van der Waals surface area contributed by atoms with Gasteiger partial charge in [0.05, 0.1) is 29.9 Å².